The number of aryl methyl sites for hydroxylation is 1. The van der Waals surface area contributed by atoms with Crippen molar-refractivity contribution in [1.82, 2.24) is 4.31 Å². The zero-order chi connectivity index (χ0) is 13.3. The lowest BCUT2D eigenvalue weighted by molar-refractivity contribution is 0.115. The third-order valence-corrected chi connectivity index (χ3v) is 5.28. The maximum atomic E-state index is 12.5. The van der Waals surface area contributed by atoms with Crippen molar-refractivity contribution in [2.24, 2.45) is 0 Å². The van der Waals surface area contributed by atoms with E-state index in [-0.39, 0.29) is 6.10 Å². The molecule has 1 aliphatic heterocycles. The first-order valence-corrected chi connectivity index (χ1v) is 7.28. The van der Waals surface area contributed by atoms with Crippen molar-refractivity contribution in [3.05, 3.63) is 23.8 Å². The van der Waals surface area contributed by atoms with E-state index in [1.165, 1.54) is 4.31 Å². The molecular weight excluding hydrogens is 252 g/mol. The molecule has 18 heavy (non-hydrogen) atoms. The molecule has 0 saturated carbocycles. The number of anilines is 1. The largest absolute Gasteiger partial charge is 0.399 e. The molecule has 1 aliphatic rings. The quantitative estimate of drug-likeness (QED) is 0.831. The van der Waals surface area contributed by atoms with Crippen molar-refractivity contribution in [1.29, 1.82) is 0 Å². The lowest BCUT2D eigenvalue weighted by atomic mass is 10.2. The Hall–Kier alpha value is -1.11. The van der Waals surface area contributed by atoms with E-state index in [1.807, 2.05) is 0 Å². The fourth-order valence-corrected chi connectivity index (χ4v) is 3.90. The summed E-state index contributed by atoms with van der Waals surface area (Å²) in [6, 6.07) is 4.86. The van der Waals surface area contributed by atoms with Crippen LogP contribution in [0, 0.1) is 6.92 Å². The fourth-order valence-electron chi connectivity index (χ4n) is 2.21. The van der Waals surface area contributed by atoms with Crippen molar-refractivity contribution in [3.63, 3.8) is 0 Å². The Morgan fingerprint density at radius 1 is 1.44 bits per heavy atom. The summed E-state index contributed by atoms with van der Waals surface area (Å²) in [7, 11) is -1.82. The van der Waals surface area contributed by atoms with Crippen LogP contribution < -0.4 is 5.73 Å². The molecule has 1 saturated heterocycles. The van der Waals surface area contributed by atoms with Gasteiger partial charge in [-0.05, 0) is 37.1 Å². The van der Waals surface area contributed by atoms with Gasteiger partial charge in [-0.1, -0.05) is 0 Å². The topological polar surface area (TPSA) is 72.6 Å². The Balaban J connectivity index is 2.31. The van der Waals surface area contributed by atoms with Crippen LogP contribution in [0.5, 0.6) is 0 Å². The normalized spacial score (nSPS) is 21.3. The molecule has 2 N–H and O–H groups in total. The van der Waals surface area contributed by atoms with Gasteiger partial charge < -0.3 is 10.5 Å². The van der Waals surface area contributed by atoms with Crippen LogP contribution >= 0.6 is 0 Å². The van der Waals surface area contributed by atoms with Gasteiger partial charge >= 0.3 is 0 Å². The minimum atomic E-state index is -3.43. The summed E-state index contributed by atoms with van der Waals surface area (Å²) in [5.74, 6) is 0. The maximum absolute atomic E-state index is 12.5. The van der Waals surface area contributed by atoms with Gasteiger partial charge in [-0.25, -0.2) is 8.42 Å². The van der Waals surface area contributed by atoms with Gasteiger partial charge in [-0.15, -0.1) is 0 Å². The van der Waals surface area contributed by atoms with Gasteiger partial charge in [0, 0.05) is 25.9 Å². The van der Waals surface area contributed by atoms with Crippen LogP contribution in [-0.4, -0.2) is 39.0 Å². The standard InChI is InChI=1S/C12H18N2O3S/c1-9-7-10(13)3-4-12(9)18(15,16)14-6-5-11(8-14)17-2/h3-4,7,11H,5-6,8,13H2,1-2H3. The Bertz CT molecular complexity index is 542. The highest BCUT2D eigenvalue weighted by atomic mass is 32.2. The summed E-state index contributed by atoms with van der Waals surface area (Å²) in [6.07, 6.45) is 0.734. The molecule has 2 rings (SSSR count). The number of methoxy groups -OCH3 is 1. The smallest absolute Gasteiger partial charge is 0.243 e. The van der Waals surface area contributed by atoms with Crippen molar-refractivity contribution >= 4 is 15.7 Å². The summed E-state index contributed by atoms with van der Waals surface area (Å²) in [6.45, 7) is 2.68. The lowest BCUT2D eigenvalue weighted by Crippen LogP contribution is -2.30. The third kappa shape index (κ3) is 2.36. The van der Waals surface area contributed by atoms with Gasteiger partial charge in [-0.2, -0.15) is 4.31 Å². The highest BCUT2D eigenvalue weighted by molar-refractivity contribution is 7.89. The summed E-state index contributed by atoms with van der Waals surface area (Å²) in [4.78, 5) is 0.327. The summed E-state index contributed by atoms with van der Waals surface area (Å²) < 4.78 is 31.6. The highest BCUT2D eigenvalue weighted by Gasteiger charge is 2.33. The monoisotopic (exact) mass is 270 g/mol. The number of ether oxygens (including phenoxy) is 1. The number of hydrogen-bond acceptors (Lipinski definition) is 4. The second-order valence-electron chi connectivity index (χ2n) is 4.53. The fraction of sp³-hybridized carbons (Fsp3) is 0.500. The molecule has 1 atom stereocenters. The zero-order valence-electron chi connectivity index (χ0n) is 10.6. The number of hydrogen-bond donors (Lipinski definition) is 1. The molecule has 0 bridgehead atoms. The second-order valence-corrected chi connectivity index (χ2v) is 6.44. The first kappa shape index (κ1) is 13.3. The molecule has 5 nitrogen and oxygen atoms in total. The Morgan fingerprint density at radius 2 is 2.17 bits per heavy atom. The lowest BCUT2D eigenvalue weighted by Gasteiger charge is -2.17. The summed E-state index contributed by atoms with van der Waals surface area (Å²) >= 11 is 0. The van der Waals surface area contributed by atoms with E-state index in [0.717, 1.165) is 6.42 Å². The molecule has 6 heteroatoms. The number of sulfonamides is 1. The molecule has 0 radical (unpaired) electrons. The number of nitrogen functional groups attached to an aromatic ring is 1. The Labute approximate surface area is 108 Å². The van der Waals surface area contributed by atoms with Crippen molar-refractivity contribution in [2.75, 3.05) is 25.9 Å². The average Bonchev–Trinajstić information content (AvgIpc) is 2.77. The number of nitrogens with zero attached hydrogens (tertiary/aromatic N) is 1. The summed E-state index contributed by atoms with van der Waals surface area (Å²) in [5.41, 5.74) is 6.89. The molecule has 0 aromatic heterocycles. The Morgan fingerprint density at radius 3 is 2.72 bits per heavy atom. The molecular formula is C12H18N2O3S. The maximum Gasteiger partial charge on any atom is 0.243 e. The van der Waals surface area contributed by atoms with Crippen LogP contribution in [0.3, 0.4) is 0 Å². The molecule has 1 aromatic rings. The molecule has 0 aliphatic carbocycles. The minimum Gasteiger partial charge on any atom is -0.399 e. The molecule has 1 fully saturated rings. The van der Waals surface area contributed by atoms with Gasteiger partial charge in [0.2, 0.25) is 10.0 Å². The predicted molar refractivity (Wildman–Crippen MR) is 69.8 cm³/mol. The molecule has 1 aromatic carbocycles. The second kappa shape index (κ2) is 4.87. The van der Waals surface area contributed by atoms with Crippen LogP contribution in [0.15, 0.2) is 23.1 Å². The highest BCUT2D eigenvalue weighted by Crippen LogP contribution is 2.25. The minimum absolute atomic E-state index is 0.00568. The SMILES string of the molecule is COC1CCN(S(=O)(=O)c2ccc(N)cc2C)C1. The third-order valence-electron chi connectivity index (χ3n) is 3.26. The molecule has 0 spiro atoms. The van der Waals surface area contributed by atoms with Gasteiger partial charge in [0.05, 0.1) is 11.0 Å². The van der Waals surface area contributed by atoms with Crippen molar-refractivity contribution in [2.45, 2.75) is 24.3 Å². The first-order valence-electron chi connectivity index (χ1n) is 5.84. The Kier molecular flexibility index (Phi) is 3.61. The van der Waals surface area contributed by atoms with Crippen LogP contribution in [-0.2, 0) is 14.8 Å². The zero-order valence-corrected chi connectivity index (χ0v) is 11.4. The van der Waals surface area contributed by atoms with E-state index in [1.54, 1.807) is 32.2 Å². The van der Waals surface area contributed by atoms with Gasteiger partial charge in [-0.3, -0.25) is 0 Å². The molecule has 100 valence electrons. The first-order chi connectivity index (χ1) is 8.45. The van der Waals surface area contributed by atoms with E-state index in [9.17, 15) is 8.42 Å². The van der Waals surface area contributed by atoms with Crippen molar-refractivity contribution in [3.8, 4) is 0 Å². The van der Waals surface area contributed by atoms with E-state index >= 15 is 0 Å². The summed E-state index contributed by atoms with van der Waals surface area (Å²) in [5, 5.41) is 0. The van der Waals surface area contributed by atoms with Crippen LogP contribution in [0.1, 0.15) is 12.0 Å². The number of rotatable bonds is 3. The van der Waals surface area contributed by atoms with E-state index in [4.69, 9.17) is 10.5 Å². The average molecular weight is 270 g/mol. The van der Waals surface area contributed by atoms with E-state index in [0.29, 0.717) is 29.2 Å². The van der Waals surface area contributed by atoms with Gasteiger partial charge in [0.1, 0.15) is 0 Å². The van der Waals surface area contributed by atoms with Crippen LogP contribution in [0.4, 0.5) is 5.69 Å². The number of nitrogens with two attached hydrogens (primary N) is 1. The number of benzene rings is 1. The van der Waals surface area contributed by atoms with Crippen molar-refractivity contribution < 1.29 is 13.2 Å². The van der Waals surface area contributed by atoms with Gasteiger partial charge in [0.25, 0.3) is 0 Å². The molecule has 1 unspecified atom stereocenters. The predicted octanol–water partition coefficient (Wildman–Crippen LogP) is 0.987. The molecule has 0 amide bonds. The van der Waals surface area contributed by atoms with E-state index in [2.05, 4.69) is 0 Å². The van der Waals surface area contributed by atoms with Crippen LogP contribution in [0.25, 0.3) is 0 Å². The van der Waals surface area contributed by atoms with E-state index < -0.39 is 10.0 Å². The van der Waals surface area contributed by atoms with Crippen LogP contribution in [0.2, 0.25) is 0 Å². The molecule has 1 heterocycles. The van der Waals surface area contributed by atoms with Gasteiger partial charge in [0.15, 0.2) is 0 Å².